The quantitative estimate of drug-likeness (QED) is 0.0984. The van der Waals surface area contributed by atoms with Gasteiger partial charge >= 0.3 is 5.97 Å². The Labute approximate surface area is 278 Å². The zero-order valence-corrected chi connectivity index (χ0v) is 30.6. The van der Waals surface area contributed by atoms with Gasteiger partial charge in [-0.3, -0.25) is 19.2 Å². The Kier molecular flexibility index (Phi) is 24.7. The van der Waals surface area contributed by atoms with Crippen LogP contribution < -0.4 is 16.4 Å². The number of nitrogens with one attached hydrogen (secondary N) is 2. The van der Waals surface area contributed by atoms with Gasteiger partial charge in [-0.15, -0.1) is 0 Å². The summed E-state index contributed by atoms with van der Waals surface area (Å²) >= 11 is 0. The number of hydrogen-bond donors (Lipinski definition) is 4. The second-order valence-electron chi connectivity index (χ2n) is 14.3. The summed E-state index contributed by atoms with van der Waals surface area (Å²) in [4.78, 5) is 44.4. The Morgan fingerprint density at radius 3 is 1.76 bits per heavy atom. The van der Waals surface area contributed by atoms with Crippen molar-refractivity contribution < 1.29 is 43.2 Å². The fraction of sp³-hybridized carbons (Fsp3) is 0.882. The van der Waals surface area contributed by atoms with Crippen LogP contribution in [0, 0.1) is 22.7 Å². The molecule has 0 aliphatic carbocycles. The largest absolute Gasteiger partial charge is 0.481 e. The average Bonchev–Trinajstić information content (AvgIpc) is 2.92. The lowest BCUT2D eigenvalue weighted by molar-refractivity contribution is -0.137. The fourth-order valence-corrected chi connectivity index (χ4v) is 4.05. The van der Waals surface area contributed by atoms with E-state index in [-0.39, 0.29) is 60.2 Å². The summed E-state index contributed by atoms with van der Waals surface area (Å²) in [6.45, 7) is 24.2. The zero-order chi connectivity index (χ0) is 35.8. The molecule has 272 valence electrons. The summed E-state index contributed by atoms with van der Waals surface area (Å²) in [6, 6.07) is 0. The van der Waals surface area contributed by atoms with E-state index in [1.807, 2.05) is 13.8 Å². The fourth-order valence-electron chi connectivity index (χ4n) is 4.05. The highest BCUT2D eigenvalue weighted by molar-refractivity contribution is 5.79. The average molecular weight is 662 g/mol. The van der Waals surface area contributed by atoms with Crippen LogP contribution in [-0.4, -0.2) is 93.7 Å². The van der Waals surface area contributed by atoms with Crippen molar-refractivity contribution in [1.82, 2.24) is 10.6 Å². The molecule has 0 radical (unpaired) electrons. The van der Waals surface area contributed by atoms with Crippen molar-refractivity contribution in [3.63, 3.8) is 0 Å². The number of rotatable bonds is 26. The molecule has 46 heavy (non-hydrogen) atoms. The van der Waals surface area contributed by atoms with Crippen LogP contribution in [0.25, 0.3) is 0 Å². The van der Waals surface area contributed by atoms with Crippen molar-refractivity contribution in [3.05, 3.63) is 0 Å². The maximum atomic E-state index is 11.7. The van der Waals surface area contributed by atoms with Crippen molar-refractivity contribution in [2.45, 2.75) is 113 Å². The predicted molar refractivity (Wildman–Crippen MR) is 180 cm³/mol. The number of nitrogens with two attached hydrogens (primary N) is 1. The lowest BCUT2D eigenvalue weighted by atomic mass is 9.73. The maximum absolute atomic E-state index is 11.7. The number of ether oxygens (including phenoxy) is 4. The minimum Gasteiger partial charge on any atom is -0.481 e. The zero-order valence-electron chi connectivity index (χ0n) is 30.6. The van der Waals surface area contributed by atoms with Crippen LogP contribution >= 0.6 is 0 Å². The lowest BCUT2D eigenvalue weighted by Crippen LogP contribution is -2.35. The molecule has 5 N–H and O–H groups in total. The van der Waals surface area contributed by atoms with Crippen LogP contribution in [0.2, 0.25) is 0 Å². The monoisotopic (exact) mass is 661 g/mol. The lowest BCUT2D eigenvalue weighted by Gasteiger charge is -2.37. The molecule has 0 saturated carbocycles. The SMILES string of the molecule is CC(C)C(C)(C)CC(C)(C)OCCOCCNC(=O)COCCOCCNC(=O)CCCC(=O)O.CC(C)CCC(C)(C)C(N)=O. The van der Waals surface area contributed by atoms with E-state index in [0.29, 0.717) is 64.4 Å². The van der Waals surface area contributed by atoms with Crippen molar-refractivity contribution in [2.75, 3.05) is 59.3 Å². The Hall–Kier alpha value is -2.28. The molecule has 0 heterocycles. The number of carbonyl (C=O) groups excluding carboxylic acids is 3. The van der Waals surface area contributed by atoms with Crippen LogP contribution in [0.4, 0.5) is 0 Å². The molecule has 0 rings (SSSR count). The Morgan fingerprint density at radius 2 is 1.26 bits per heavy atom. The third kappa shape index (κ3) is 28.0. The van der Waals surface area contributed by atoms with Crippen LogP contribution in [0.3, 0.4) is 0 Å². The van der Waals surface area contributed by atoms with E-state index in [0.717, 1.165) is 19.3 Å². The first-order valence-corrected chi connectivity index (χ1v) is 16.6. The van der Waals surface area contributed by atoms with Crippen molar-refractivity contribution >= 4 is 23.7 Å². The van der Waals surface area contributed by atoms with Gasteiger partial charge < -0.3 is 40.4 Å². The number of aliphatic carboxylic acids is 1. The number of carboxylic acid groups (broad SMARTS) is 1. The van der Waals surface area contributed by atoms with Crippen molar-refractivity contribution in [3.8, 4) is 0 Å². The van der Waals surface area contributed by atoms with Gasteiger partial charge in [0, 0.05) is 31.3 Å². The third-order valence-electron chi connectivity index (χ3n) is 7.72. The predicted octanol–water partition coefficient (Wildman–Crippen LogP) is 4.33. The molecule has 3 amide bonds. The Bertz CT molecular complexity index is 859. The number of carbonyl (C=O) groups is 4. The van der Waals surface area contributed by atoms with Crippen LogP contribution in [-0.2, 0) is 38.1 Å². The second-order valence-corrected chi connectivity index (χ2v) is 14.3. The first kappa shape index (κ1) is 45.8. The van der Waals surface area contributed by atoms with Crippen LogP contribution in [0.15, 0.2) is 0 Å². The van der Waals surface area contributed by atoms with E-state index < -0.39 is 5.97 Å². The van der Waals surface area contributed by atoms with Gasteiger partial charge in [-0.2, -0.15) is 0 Å². The Balaban J connectivity index is 0. The van der Waals surface area contributed by atoms with Gasteiger partial charge in [0.05, 0.1) is 45.2 Å². The summed E-state index contributed by atoms with van der Waals surface area (Å²) in [5.41, 5.74) is 4.87. The topological polar surface area (TPSA) is 176 Å². The van der Waals surface area contributed by atoms with Gasteiger partial charge in [0.25, 0.3) is 0 Å². The molecule has 0 aromatic heterocycles. The molecule has 0 aliphatic heterocycles. The number of carboxylic acids is 1. The van der Waals surface area contributed by atoms with Crippen LogP contribution in [0.5, 0.6) is 0 Å². The standard InChI is InChI=1S/C25H48N2O8.C9H19NO/c1-20(2)24(3,4)19-25(5,6)35-17-16-33-13-11-27-22(29)18-34-15-14-32-12-10-26-21(28)8-7-9-23(30)31;1-7(2)5-6-9(3,4)8(10)11/h20H,7-19H2,1-6H3,(H,26,28)(H,27,29)(H,30,31);7H,5-6H2,1-4H3,(H2,10,11). The number of hydrogen-bond acceptors (Lipinski definition) is 8. The molecule has 0 spiro atoms. The minimum atomic E-state index is -0.912. The molecular formula is C34H67N3O9. The summed E-state index contributed by atoms with van der Waals surface area (Å²) in [5, 5.41) is 13.9. The van der Waals surface area contributed by atoms with E-state index in [1.54, 1.807) is 0 Å². The van der Waals surface area contributed by atoms with Gasteiger partial charge in [0.2, 0.25) is 17.7 Å². The molecule has 0 saturated heterocycles. The summed E-state index contributed by atoms with van der Waals surface area (Å²) in [7, 11) is 0. The number of primary amides is 1. The van der Waals surface area contributed by atoms with Gasteiger partial charge in [0.15, 0.2) is 0 Å². The minimum absolute atomic E-state index is 0.0211. The normalized spacial score (nSPS) is 12.1. The van der Waals surface area contributed by atoms with E-state index in [2.05, 4.69) is 66.0 Å². The first-order valence-electron chi connectivity index (χ1n) is 16.6. The first-order chi connectivity index (χ1) is 21.2. The van der Waals surface area contributed by atoms with Crippen LogP contribution in [0.1, 0.15) is 108 Å². The second kappa shape index (κ2) is 24.8. The maximum Gasteiger partial charge on any atom is 0.303 e. The highest BCUT2D eigenvalue weighted by Gasteiger charge is 2.31. The molecule has 12 nitrogen and oxygen atoms in total. The van der Waals surface area contributed by atoms with E-state index in [1.165, 1.54) is 0 Å². The highest BCUT2D eigenvalue weighted by atomic mass is 16.5. The molecule has 0 aromatic carbocycles. The van der Waals surface area contributed by atoms with Gasteiger partial charge in [-0.25, -0.2) is 0 Å². The van der Waals surface area contributed by atoms with E-state index >= 15 is 0 Å². The van der Waals surface area contributed by atoms with Gasteiger partial charge in [-0.05, 0) is 56.8 Å². The highest BCUT2D eigenvalue weighted by Crippen LogP contribution is 2.36. The molecule has 12 heteroatoms. The summed E-state index contributed by atoms with van der Waals surface area (Å²) < 4.78 is 22.1. The molecule has 0 atom stereocenters. The number of amides is 3. The Morgan fingerprint density at radius 1 is 0.739 bits per heavy atom. The molecular weight excluding hydrogens is 594 g/mol. The van der Waals surface area contributed by atoms with Crippen molar-refractivity contribution in [2.24, 2.45) is 28.4 Å². The van der Waals surface area contributed by atoms with Gasteiger partial charge in [-0.1, -0.05) is 55.4 Å². The van der Waals surface area contributed by atoms with E-state index in [4.69, 9.17) is 29.8 Å². The smallest absolute Gasteiger partial charge is 0.303 e. The molecule has 0 unspecified atom stereocenters. The third-order valence-corrected chi connectivity index (χ3v) is 7.72. The summed E-state index contributed by atoms with van der Waals surface area (Å²) in [5.74, 6) is -0.314. The molecule has 0 fully saturated rings. The van der Waals surface area contributed by atoms with Crippen molar-refractivity contribution in [1.29, 1.82) is 0 Å². The van der Waals surface area contributed by atoms with E-state index in [9.17, 15) is 19.2 Å². The summed E-state index contributed by atoms with van der Waals surface area (Å²) in [6.07, 6.45) is 3.39. The van der Waals surface area contributed by atoms with Gasteiger partial charge in [0.1, 0.15) is 6.61 Å². The molecule has 0 bridgehead atoms. The molecule has 0 aromatic rings. The molecule has 0 aliphatic rings.